The Morgan fingerprint density at radius 3 is 2.86 bits per heavy atom. The molecule has 0 saturated carbocycles. The van der Waals surface area contributed by atoms with Crippen molar-refractivity contribution in [1.29, 1.82) is 0 Å². The van der Waals surface area contributed by atoms with E-state index in [9.17, 15) is 4.79 Å². The summed E-state index contributed by atoms with van der Waals surface area (Å²) < 4.78 is 4.70. The number of amides is 1. The van der Waals surface area contributed by atoms with Gasteiger partial charge >= 0.3 is 0 Å². The molecule has 2 N–H and O–H groups in total. The Labute approximate surface area is 122 Å². The molecule has 6 nitrogen and oxygen atoms in total. The molecule has 1 aromatic carbocycles. The summed E-state index contributed by atoms with van der Waals surface area (Å²) in [4.78, 5) is 16.0. The van der Waals surface area contributed by atoms with Crippen molar-refractivity contribution in [2.24, 2.45) is 0 Å². The van der Waals surface area contributed by atoms with Crippen LogP contribution in [0.4, 0.5) is 0 Å². The molecule has 0 aliphatic carbocycles. The maximum absolute atomic E-state index is 12.1. The maximum Gasteiger partial charge on any atom is 0.251 e. The first-order valence-corrected chi connectivity index (χ1v) is 6.86. The number of nitrogens with zero attached hydrogens (tertiary/aromatic N) is 2. The predicted molar refractivity (Wildman–Crippen MR) is 77.6 cm³/mol. The lowest BCUT2D eigenvalue weighted by Gasteiger charge is -2.14. The molecule has 2 heterocycles. The molecule has 108 valence electrons. The van der Waals surface area contributed by atoms with Gasteiger partial charge in [0.1, 0.15) is 0 Å². The SMILES string of the molecule is O=C(NCC1=CCNCC1)c1ccc(-c2ncon2)cc1. The summed E-state index contributed by atoms with van der Waals surface area (Å²) >= 11 is 0. The lowest BCUT2D eigenvalue weighted by Crippen LogP contribution is -2.29. The number of nitrogens with one attached hydrogen (secondary N) is 2. The second kappa shape index (κ2) is 6.32. The van der Waals surface area contributed by atoms with Gasteiger partial charge in [-0.15, -0.1) is 0 Å². The van der Waals surface area contributed by atoms with Gasteiger partial charge in [-0.1, -0.05) is 28.9 Å². The van der Waals surface area contributed by atoms with Crippen LogP contribution in [0.5, 0.6) is 0 Å². The van der Waals surface area contributed by atoms with Gasteiger partial charge in [-0.3, -0.25) is 4.79 Å². The lowest BCUT2D eigenvalue weighted by molar-refractivity contribution is 0.0956. The third-order valence-corrected chi connectivity index (χ3v) is 3.40. The fraction of sp³-hybridized carbons (Fsp3) is 0.267. The molecule has 0 radical (unpaired) electrons. The number of rotatable bonds is 4. The molecule has 0 atom stereocenters. The summed E-state index contributed by atoms with van der Waals surface area (Å²) in [5.74, 6) is 0.441. The van der Waals surface area contributed by atoms with Crippen molar-refractivity contribution in [3.63, 3.8) is 0 Å². The quantitative estimate of drug-likeness (QED) is 0.829. The Morgan fingerprint density at radius 2 is 2.19 bits per heavy atom. The molecule has 0 unspecified atom stereocenters. The minimum atomic E-state index is -0.0749. The topological polar surface area (TPSA) is 80.0 Å². The van der Waals surface area contributed by atoms with Gasteiger partial charge in [-0.05, 0) is 25.1 Å². The molecule has 6 heteroatoms. The summed E-state index contributed by atoms with van der Waals surface area (Å²) in [5.41, 5.74) is 2.71. The van der Waals surface area contributed by atoms with E-state index < -0.39 is 0 Å². The Balaban J connectivity index is 1.61. The highest BCUT2D eigenvalue weighted by atomic mass is 16.5. The molecule has 21 heavy (non-hydrogen) atoms. The van der Waals surface area contributed by atoms with E-state index in [0.29, 0.717) is 17.9 Å². The van der Waals surface area contributed by atoms with Crippen LogP contribution in [0, 0.1) is 0 Å². The average molecular weight is 284 g/mol. The highest BCUT2D eigenvalue weighted by molar-refractivity contribution is 5.94. The molecule has 0 fully saturated rings. The van der Waals surface area contributed by atoms with Crippen molar-refractivity contribution in [2.75, 3.05) is 19.6 Å². The summed E-state index contributed by atoms with van der Waals surface area (Å²) in [6.45, 7) is 2.46. The van der Waals surface area contributed by atoms with Gasteiger partial charge in [0.15, 0.2) is 0 Å². The van der Waals surface area contributed by atoms with Crippen LogP contribution in [-0.4, -0.2) is 35.7 Å². The monoisotopic (exact) mass is 284 g/mol. The second-order valence-electron chi connectivity index (χ2n) is 4.83. The van der Waals surface area contributed by atoms with E-state index >= 15 is 0 Å². The first-order chi connectivity index (χ1) is 10.3. The van der Waals surface area contributed by atoms with E-state index in [4.69, 9.17) is 4.52 Å². The first kappa shape index (κ1) is 13.5. The molecule has 2 aromatic rings. The lowest BCUT2D eigenvalue weighted by atomic mass is 10.1. The van der Waals surface area contributed by atoms with E-state index in [1.54, 1.807) is 12.1 Å². The van der Waals surface area contributed by atoms with E-state index in [0.717, 1.165) is 25.1 Å². The molecular weight excluding hydrogens is 268 g/mol. The number of hydrogen-bond donors (Lipinski definition) is 2. The minimum absolute atomic E-state index is 0.0749. The van der Waals surface area contributed by atoms with E-state index in [1.807, 2.05) is 12.1 Å². The van der Waals surface area contributed by atoms with Crippen molar-refractivity contribution in [3.05, 3.63) is 47.9 Å². The van der Waals surface area contributed by atoms with Gasteiger partial charge in [0.25, 0.3) is 5.91 Å². The van der Waals surface area contributed by atoms with Crippen molar-refractivity contribution in [1.82, 2.24) is 20.8 Å². The van der Waals surface area contributed by atoms with Gasteiger partial charge < -0.3 is 15.2 Å². The van der Waals surface area contributed by atoms with Crippen LogP contribution in [-0.2, 0) is 0 Å². The van der Waals surface area contributed by atoms with Crippen LogP contribution in [0.25, 0.3) is 11.4 Å². The predicted octanol–water partition coefficient (Wildman–Crippen LogP) is 1.39. The Hall–Kier alpha value is -2.47. The third-order valence-electron chi connectivity index (χ3n) is 3.40. The molecule has 3 rings (SSSR count). The van der Waals surface area contributed by atoms with Crippen molar-refractivity contribution < 1.29 is 9.32 Å². The fourth-order valence-corrected chi connectivity index (χ4v) is 2.19. The zero-order chi connectivity index (χ0) is 14.5. The minimum Gasteiger partial charge on any atom is -0.348 e. The molecule has 0 spiro atoms. The summed E-state index contributed by atoms with van der Waals surface area (Å²) in [5, 5.41) is 9.94. The maximum atomic E-state index is 12.1. The third kappa shape index (κ3) is 3.35. The standard InChI is InChI=1S/C15H16N4O2/c20-15(17-9-11-5-7-16-8-6-11)13-3-1-12(2-4-13)14-18-10-21-19-14/h1-5,10,16H,6-9H2,(H,17,20). The van der Waals surface area contributed by atoms with Crippen molar-refractivity contribution >= 4 is 5.91 Å². The zero-order valence-corrected chi connectivity index (χ0v) is 11.5. The van der Waals surface area contributed by atoms with Crippen molar-refractivity contribution in [3.8, 4) is 11.4 Å². The normalized spacial score (nSPS) is 14.6. The number of hydrogen-bond acceptors (Lipinski definition) is 5. The number of carbonyl (C=O) groups excluding carboxylic acids is 1. The molecule has 1 amide bonds. The summed E-state index contributed by atoms with van der Waals surface area (Å²) in [6.07, 6.45) is 4.39. The van der Waals surface area contributed by atoms with Crippen LogP contribution < -0.4 is 10.6 Å². The Bertz CT molecular complexity index is 632. The van der Waals surface area contributed by atoms with Crippen molar-refractivity contribution in [2.45, 2.75) is 6.42 Å². The smallest absolute Gasteiger partial charge is 0.251 e. The zero-order valence-electron chi connectivity index (χ0n) is 11.5. The number of carbonyl (C=O) groups is 1. The first-order valence-electron chi connectivity index (χ1n) is 6.86. The average Bonchev–Trinajstić information content (AvgIpc) is 3.08. The van der Waals surface area contributed by atoms with Crippen LogP contribution in [0.1, 0.15) is 16.8 Å². The highest BCUT2D eigenvalue weighted by Crippen LogP contribution is 2.15. The van der Waals surface area contributed by atoms with Gasteiger partial charge in [-0.2, -0.15) is 4.98 Å². The van der Waals surface area contributed by atoms with Crippen LogP contribution in [0.15, 0.2) is 46.8 Å². The van der Waals surface area contributed by atoms with Crippen LogP contribution in [0.3, 0.4) is 0 Å². The highest BCUT2D eigenvalue weighted by Gasteiger charge is 2.09. The van der Waals surface area contributed by atoms with Gasteiger partial charge in [0.2, 0.25) is 12.2 Å². The van der Waals surface area contributed by atoms with Gasteiger partial charge in [0, 0.05) is 24.2 Å². The largest absolute Gasteiger partial charge is 0.348 e. The van der Waals surface area contributed by atoms with Gasteiger partial charge in [0.05, 0.1) is 0 Å². The van der Waals surface area contributed by atoms with E-state index in [-0.39, 0.29) is 5.91 Å². The second-order valence-corrected chi connectivity index (χ2v) is 4.83. The molecule has 0 saturated heterocycles. The van der Waals surface area contributed by atoms with E-state index in [2.05, 4.69) is 26.9 Å². The Kier molecular flexibility index (Phi) is 4.07. The molecule has 0 bridgehead atoms. The van der Waals surface area contributed by atoms with E-state index in [1.165, 1.54) is 12.0 Å². The summed E-state index contributed by atoms with van der Waals surface area (Å²) in [7, 11) is 0. The van der Waals surface area contributed by atoms with Gasteiger partial charge in [-0.25, -0.2) is 0 Å². The van der Waals surface area contributed by atoms with Crippen LogP contribution in [0.2, 0.25) is 0 Å². The van der Waals surface area contributed by atoms with Crippen LogP contribution >= 0.6 is 0 Å². The fourth-order valence-electron chi connectivity index (χ4n) is 2.19. The summed E-state index contributed by atoms with van der Waals surface area (Å²) in [6, 6.07) is 7.14. The Morgan fingerprint density at radius 1 is 1.33 bits per heavy atom. The molecule has 1 aromatic heterocycles. The molecule has 1 aliphatic rings. The number of aromatic nitrogens is 2. The number of benzene rings is 1. The molecule has 1 aliphatic heterocycles. The molecular formula is C15H16N4O2.